The number of carbonyl (C=O) groups excluding carboxylic acids is 1. The molecule has 0 saturated carbocycles. The van der Waals surface area contributed by atoms with E-state index in [1.54, 1.807) is 0 Å². The summed E-state index contributed by atoms with van der Waals surface area (Å²) in [5.74, 6) is 2.28. The van der Waals surface area contributed by atoms with E-state index in [1.165, 1.54) is 49.7 Å². The molecule has 150 valence electrons. The highest BCUT2D eigenvalue weighted by Gasteiger charge is 2.17. The van der Waals surface area contributed by atoms with Crippen molar-refractivity contribution < 1.29 is 14.3 Å². The van der Waals surface area contributed by atoms with Gasteiger partial charge in [-0.25, -0.2) is 4.79 Å². The van der Waals surface area contributed by atoms with E-state index in [4.69, 9.17) is 9.47 Å². The first kappa shape index (κ1) is 21.5. The highest BCUT2D eigenvalue weighted by Crippen LogP contribution is 2.34. The van der Waals surface area contributed by atoms with E-state index in [1.807, 2.05) is 24.3 Å². The lowest BCUT2D eigenvalue weighted by Gasteiger charge is -2.24. The summed E-state index contributed by atoms with van der Waals surface area (Å²) in [5, 5.41) is 0. The second kappa shape index (κ2) is 11.8. The quantitative estimate of drug-likeness (QED) is 0.244. The van der Waals surface area contributed by atoms with Gasteiger partial charge in [-0.05, 0) is 67.2 Å². The summed E-state index contributed by atoms with van der Waals surface area (Å²) in [6.07, 6.45) is 12.6. The van der Waals surface area contributed by atoms with Gasteiger partial charge >= 0.3 is 6.16 Å². The molecule has 0 fully saturated rings. The van der Waals surface area contributed by atoms with E-state index in [2.05, 4.69) is 26.8 Å². The van der Waals surface area contributed by atoms with Gasteiger partial charge in [-0.1, -0.05) is 64.7 Å². The molecule has 0 spiro atoms. The minimum Gasteiger partial charge on any atom is -0.434 e. The molecule has 0 bridgehead atoms. The summed E-state index contributed by atoms with van der Waals surface area (Å²) in [7, 11) is 0. The molecule has 1 aromatic rings. The Labute approximate surface area is 165 Å². The van der Waals surface area contributed by atoms with E-state index in [0.29, 0.717) is 12.4 Å². The summed E-state index contributed by atoms with van der Waals surface area (Å²) in [5.41, 5.74) is 2.66. The Morgan fingerprint density at radius 2 is 1.89 bits per heavy atom. The third-order valence-electron chi connectivity index (χ3n) is 5.80. The molecule has 1 atom stereocenters. The van der Waals surface area contributed by atoms with Gasteiger partial charge in [0.05, 0.1) is 6.61 Å². The topological polar surface area (TPSA) is 35.5 Å². The lowest BCUT2D eigenvalue weighted by Crippen LogP contribution is -2.11. The van der Waals surface area contributed by atoms with Crippen LogP contribution in [-0.2, 0) is 4.74 Å². The van der Waals surface area contributed by atoms with E-state index in [-0.39, 0.29) is 0 Å². The van der Waals surface area contributed by atoms with Crippen LogP contribution in [0.2, 0.25) is 0 Å². The lowest BCUT2D eigenvalue weighted by molar-refractivity contribution is 0.0978. The maximum absolute atomic E-state index is 11.6. The number of ether oxygens (including phenoxy) is 2. The molecule has 0 aliphatic heterocycles. The van der Waals surface area contributed by atoms with Gasteiger partial charge in [0.1, 0.15) is 5.75 Å². The standard InChI is InChI=1S/C24H36O3/c1-4-7-18-26-24(25)27-23-16-14-22(15-17-23)21-12-10-20(11-13-21)9-8-19(5-2)6-3/h12,14-17,19-20H,4-11,13,18H2,1-3H3. The fourth-order valence-electron chi connectivity index (χ4n) is 3.74. The predicted molar refractivity (Wildman–Crippen MR) is 112 cm³/mol. The fraction of sp³-hybridized carbons (Fsp3) is 0.625. The van der Waals surface area contributed by atoms with Crippen molar-refractivity contribution in [3.05, 3.63) is 35.9 Å². The van der Waals surface area contributed by atoms with Crippen molar-refractivity contribution in [3.63, 3.8) is 0 Å². The maximum Gasteiger partial charge on any atom is 0.513 e. The number of allylic oxidation sites excluding steroid dienone is 2. The molecule has 0 heterocycles. The largest absolute Gasteiger partial charge is 0.513 e. The van der Waals surface area contributed by atoms with Crippen LogP contribution in [0.25, 0.3) is 5.57 Å². The van der Waals surface area contributed by atoms with Crippen molar-refractivity contribution in [1.82, 2.24) is 0 Å². The van der Waals surface area contributed by atoms with Crippen LogP contribution in [0, 0.1) is 11.8 Å². The van der Waals surface area contributed by atoms with Gasteiger partial charge in [-0.2, -0.15) is 0 Å². The second-order valence-corrected chi connectivity index (χ2v) is 7.71. The molecule has 1 aromatic carbocycles. The zero-order valence-electron chi connectivity index (χ0n) is 17.3. The molecular weight excluding hydrogens is 336 g/mol. The van der Waals surface area contributed by atoms with E-state index >= 15 is 0 Å². The number of hydrogen-bond donors (Lipinski definition) is 0. The molecule has 0 amide bonds. The van der Waals surface area contributed by atoms with Crippen molar-refractivity contribution in [2.75, 3.05) is 6.61 Å². The van der Waals surface area contributed by atoms with Gasteiger partial charge in [0.15, 0.2) is 0 Å². The Morgan fingerprint density at radius 1 is 1.15 bits per heavy atom. The summed E-state index contributed by atoms with van der Waals surface area (Å²) < 4.78 is 10.2. The molecule has 1 aliphatic carbocycles. The SMILES string of the molecule is CCCCOC(=O)Oc1ccc(C2=CCC(CCC(CC)CC)CC2)cc1. The normalized spacial score (nSPS) is 16.9. The third-order valence-corrected chi connectivity index (χ3v) is 5.80. The average Bonchev–Trinajstić information content (AvgIpc) is 2.70. The molecule has 0 saturated heterocycles. The monoisotopic (exact) mass is 372 g/mol. The minimum absolute atomic E-state index is 0.415. The first-order chi connectivity index (χ1) is 13.2. The zero-order valence-corrected chi connectivity index (χ0v) is 17.3. The molecular formula is C24H36O3. The Bertz CT molecular complexity index is 584. The first-order valence-electron chi connectivity index (χ1n) is 10.8. The van der Waals surface area contributed by atoms with Crippen LogP contribution in [0.15, 0.2) is 30.3 Å². The van der Waals surface area contributed by atoms with Crippen LogP contribution in [0.3, 0.4) is 0 Å². The number of unbranched alkanes of at least 4 members (excludes halogenated alkanes) is 1. The maximum atomic E-state index is 11.6. The van der Waals surface area contributed by atoms with Gasteiger partial charge < -0.3 is 9.47 Å². The van der Waals surface area contributed by atoms with Gasteiger partial charge in [-0.3, -0.25) is 0 Å². The summed E-state index contributed by atoms with van der Waals surface area (Å²) in [6, 6.07) is 7.81. The van der Waals surface area contributed by atoms with Crippen LogP contribution in [0.1, 0.15) is 84.1 Å². The highest BCUT2D eigenvalue weighted by atomic mass is 16.7. The van der Waals surface area contributed by atoms with Crippen molar-refractivity contribution in [3.8, 4) is 5.75 Å². The number of benzene rings is 1. The number of hydrogen-bond acceptors (Lipinski definition) is 3. The van der Waals surface area contributed by atoms with E-state index in [9.17, 15) is 4.79 Å². The number of rotatable bonds is 10. The van der Waals surface area contributed by atoms with Gasteiger partial charge in [-0.15, -0.1) is 0 Å². The Hall–Kier alpha value is -1.77. The molecule has 0 N–H and O–H groups in total. The molecule has 1 unspecified atom stereocenters. The average molecular weight is 373 g/mol. The Morgan fingerprint density at radius 3 is 2.48 bits per heavy atom. The third kappa shape index (κ3) is 7.40. The Balaban J connectivity index is 1.80. The number of carbonyl (C=O) groups is 1. The van der Waals surface area contributed by atoms with Crippen LogP contribution >= 0.6 is 0 Å². The molecule has 0 aromatic heterocycles. The van der Waals surface area contributed by atoms with Crippen LogP contribution < -0.4 is 4.74 Å². The van der Waals surface area contributed by atoms with E-state index < -0.39 is 6.16 Å². The molecule has 27 heavy (non-hydrogen) atoms. The van der Waals surface area contributed by atoms with Crippen molar-refractivity contribution in [2.45, 2.75) is 78.6 Å². The minimum atomic E-state index is -0.617. The zero-order chi connectivity index (χ0) is 19.5. The van der Waals surface area contributed by atoms with Crippen LogP contribution in [0.5, 0.6) is 5.75 Å². The fourth-order valence-corrected chi connectivity index (χ4v) is 3.74. The molecule has 0 radical (unpaired) electrons. The van der Waals surface area contributed by atoms with Crippen LogP contribution in [-0.4, -0.2) is 12.8 Å². The van der Waals surface area contributed by atoms with Crippen LogP contribution in [0.4, 0.5) is 4.79 Å². The summed E-state index contributed by atoms with van der Waals surface area (Å²) in [4.78, 5) is 11.6. The Kier molecular flexibility index (Phi) is 9.44. The van der Waals surface area contributed by atoms with Gasteiger partial charge in [0.2, 0.25) is 0 Å². The molecule has 1 aliphatic rings. The smallest absolute Gasteiger partial charge is 0.434 e. The summed E-state index contributed by atoms with van der Waals surface area (Å²) >= 11 is 0. The first-order valence-corrected chi connectivity index (χ1v) is 10.8. The van der Waals surface area contributed by atoms with Crippen molar-refractivity contribution in [1.29, 1.82) is 0 Å². The van der Waals surface area contributed by atoms with Crippen molar-refractivity contribution >= 4 is 11.7 Å². The molecule has 3 nitrogen and oxygen atoms in total. The highest BCUT2D eigenvalue weighted by molar-refractivity contribution is 5.68. The molecule has 3 heteroatoms. The lowest BCUT2D eigenvalue weighted by atomic mass is 9.82. The molecule has 2 rings (SSSR count). The predicted octanol–water partition coefficient (Wildman–Crippen LogP) is 7.40. The second-order valence-electron chi connectivity index (χ2n) is 7.71. The van der Waals surface area contributed by atoms with Crippen molar-refractivity contribution in [2.24, 2.45) is 11.8 Å². The van der Waals surface area contributed by atoms with Gasteiger partial charge in [0, 0.05) is 0 Å². The summed E-state index contributed by atoms with van der Waals surface area (Å²) in [6.45, 7) is 7.10. The van der Waals surface area contributed by atoms with Gasteiger partial charge in [0.25, 0.3) is 0 Å². The van der Waals surface area contributed by atoms with E-state index in [0.717, 1.165) is 31.1 Å².